The Morgan fingerprint density at radius 1 is 1.11 bits per heavy atom. The molecule has 1 fully saturated rings. The van der Waals surface area contributed by atoms with Gasteiger partial charge in [0, 0.05) is 49.9 Å². The number of hydrogen-bond donors (Lipinski definition) is 0. The fourth-order valence-electron chi connectivity index (χ4n) is 5.07. The van der Waals surface area contributed by atoms with Crippen molar-refractivity contribution in [2.45, 2.75) is 52.1 Å². The first kappa shape index (κ1) is 26.3. The number of nitrogens with zero attached hydrogens (tertiary/aromatic N) is 6. The van der Waals surface area contributed by atoms with E-state index in [2.05, 4.69) is 24.8 Å². The third-order valence-electron chi connectivity index (χ3n) is 7.12. The van der Waals surface area contributed by atoms with Gasteiger partial charge in [-0.2, -0.15) is 8.78 Å². The van der Waals surface area contributed by atoms with Crippen molar-refractivity contribution in [2.75, 3.05) is 26.2 Å². The molecule has 38 heavy (non-hydrogen) atoms. The smallest absolute Gasteiger partial charge is 0.345 e. The van der Waals surface area contributed by atoms with E-state index in [4.69, 9.17) is 4.74 Å². The highest BCUT2D eigenvalue weighted by atomic mass is 19.3. The summed E-state index contributed by atoms with van der Waals surface area (Å²) in [5.74, 6) is 0. The van der Waals surface area contributed by atoms with Crippen molar-refractivity contribution in [1.82, 2.24) is 29.2 Å². The molecule has 1 aliphatic rings. The molecule has 9 nitrogen and oxygen atoms in total. The lowest BCUT2D eigenvalue weighted by atomic mass is 10.0. The standard InChI is InChI=1S/C27H32F2N6O3/c1-16(2)35-24-21-13-18(5-8-23(21)31-32-25(24)33(4)27(35)36)19-6-7-22(30-14-19)17(3)37-12-11-34-10-9-20(15-34)38-26(28)29/h5-8,13-14,16-17,20,26H,9-12,15H2,1-4H3/t17-,20?/m1/s1. The van der Waals surface area contributed by atoms with Crippen molar-refractivity contribution in [3.8, 4) is 11.1 Å². The van der Waals surface area contributed by atoms with Crippen LogP contribution >= 0.6 is 0 Å². The van der Waals surface area contributed by atoms with Crippen LogP contribution in [0.2, 0.25) is 0 Å². The lowest BCUT2D eigenvalue weighted by Crippen LogP contribution is -2.28. The third kappa shape index (κ3) is 5.18. The van der Waals surface area contributed by atoms with Crippen LogP contribution in [-0.4, -0.2) is 68.2 Å². The van der Waals surface area contributed by atoms with E-state index in [0.717, 1.165) is 39.8 Å². The summed E-state index contributed by atoms with van der Waals surface area (Å²) < 4.78 is 38.6. The normalized spacial score (nSPS) is 17.4. The van der Waals surface area contributed by atoms with Gasteiger partial charge in [-0.15, -0.1) is 10.2 Å². The van der Waals surface area contributed by atoms with Crippen LogP contribution in [0.3, 0.4) is 0 Å². The Balaban J connectivity index is 1.29. The first-order valence-electron chi connectivity index (χ1n) is 12.8. The van der Waals surface area contributed by atoms with Gasteiger partial charge in [0.2, 0.25) is 0 Å². The minimum Gasteiger partial charge on any atom is -0.371 e. The minimum absolute atomic E-state index is 0.0254. The average molecular weight is 527 g/mol. The summed E-state index contributed by atoms with van der Waals surface area (Å²) >= 11 is 0. The van der Waals surface area contributed by atoms with Gasteiger partial charge in [0.25, 0.3) is 0 Å². The zero-order chi connectivity index (χ0) is 27.0. The molecule has 11 heteroatoms. The quantitative estimate of drug-likeness (QED) is 0.321. The predicted octanol–water partition coefficient (Wildman–Crippen LogP) is 4.32. The molecule has 0 aliphatic carbocycles. The summed E-state index contributed by atoms with van der Waals surface area (Å²) in [5.41, 5.74) is 4.63. The molecule has 5 rings (SSSR count). The second-order valence-electron chi connectivity index (χ2n) is 10.0. The molecular formula is C27H32F2N6O3. The molecule has 202 valence electrons. The number of likely N-dealkylation sites (tertiary alicyclic amines) is 1. The van der Waals surface area contributed by atoms with E-state index in [0.29, 0.717) is 31.8 Å². The van der Waals surface area contributed by atoms with Gasteiger partial charge in [-0.3, -0.25) is 19.0 Å². The molecule has 1 aromatic carbocycles. The number of ether oxygens (including phenoxy) is 2. The molecule has 0 N–H and O–H groups in total. The number of hydrogen-bond acceptors (Lipinski definition) is 7. The van der Waals surface area contributed by atoms with Crippen molar-refractivity contribution in [2.24, 2.45) is 7.05 Å². The van der Waals surface area contributed by atoms with Gasteiger partial charge >= 0.3 is 12.3 Å². The summed E-state index contributed by atoms with van der Waals surface area (Å²) in [6.45, 7) is 5.52. The highest BCUT2D eigenvalue weighted by Crippen LogP contribution is 2.29. The van der Waals surface area contributed by atoms with E-state index in [1.54, 1.807) is 11.6 Å². The number of alkyl halides is 2. The second kappa shape index (κ2) is 10.8. The van der Waals surface area contributed by atoms with Crippen LogP contribution in [0, 0.1) is 0 Å². The van der Waals surface area contributed by atoms with Crippen LogP contribution in [0.1, 0.15) is 45.0 Å². The van der Waals surface area contributed by atoms with E-state index >= 15 is 0 Å². The van der Waals surface area contributed by atoms with Crippen molar-refractivity contribution in [3.05, 3.63) is 52.7 Å². The predicted molar refractivity (Wildman–Crippen MR) is 140 cm³/mol. The molecule has 0 radical (unpaired) electrons. The maximum atomic E-state index is 12.8. The molecule has 4 heterocycles. The van der Waals surface area contributed by atoms with Crippen molar-refractivity contribution >= 4 is 22.1 Å². The van der Waals surface area contributed by atoms with Crippen LogP contribution in [-0.2, 0) is 16.5 Å². The lowest BCUT2D eigenvalue weighted by molar-refractivity contribution is -0.158. The number of imidazole rings is 1. The van der Waals surface area contributed by atoms with Crippen LogP contribution in [0.15, 0.2) is 41.3 Å². The molecule has 0 bridgehead atoms. The highest BCUT2D eigenvalue weighted by Gasteiger charge is 2.25. The number of rotatable bonds is 9. The Morgan fingerprint density at radius 3 is 2.61 bits per heavy atom. The number of benzene rings is 1. The summed E-state index contributed by atoms with van der Waals surface area (Å²) in [7, 11) is 1.71. The van der Waals surface area contributed by atoms with Gasteiger partial charge in [-0.1, -0.05) is 12.1 Å². The van der Waals surface area contributed by atoms with Crippen LogP contribution in [0.25, 0.3) is 33.2 Å². The fourth-order valence-corrected chi connectivity index (χ4v) is 5.07. The van der Waals surface area contributed by atoms with E-state index in [9.17, 15) is 13.6 Å². The van der Waals surface area contributed by atoms with Crippen molar-refractivity contribution in [3.63, 3.8) is 0 Å². The maximum Gasteiger partial charge on any atom is 0.345 e. The summed E-state index contributed by atoms with van der Waals surface area (Å²) in [5, 5.41) is 9.49. The minimum atomic E-state index is -2.73. The topological polar surface area (TPSA) is 87.3 Å². The lowest BCUT2D eigenvalue weighted by Gasteiger charge is -2.18. The van der Waals surface area contributed by atoms with Gasteiger partial charge in [0.15, 0.2) is 5.65 Å². The number of halogens is 2. The van der Waals surface area contributed by atoms with Gasteiger partial charge in [-0.05, 0) is 51.0 Å². The number of fused-ring (bicyclic) bond motifs is 3. The number of pyridine rings is 1. The largest absolute Gasteiger partial charge is 0.371 e. The van der Waals surface area contributed by atoms with Gasteiger partial charge in [0.05, 0.1) is 30.0 Å². The van der Waals surface area contributed by atoms with E-state index in [1.807, 2.05) is 57.3 Å². The SMILES string of the molecule is CC(C)n1c(=O)n(C)c2nnc3ccc(-c4ccc([C@@H](C)OCCN5CCC(OC(F)F)C5)nc4)cc3c21. The van der Waals surface area contributed by atoms with E-state index in [-0.39, 0.29) is 17.8 Å². The molecule has 0 spiro atoms. The molecule has 1 saturated heterocycles. The molecule has 0 saturated carbocycles. The Bertz CT molecular complexity index is 1480. The molecule has 1 unspecified atom stereocenters. The van der Waals surface area contributed by atoms with E-state index in [1.165, 1.54) is 4.57 Å². The first-order valence-corrected chi connectivity index (χ1v) is 12.8. The second-order valence-corrected chi connectivity index (χ2v) is 10.0. The van der Waals surface area contributed by atoms with Gasteiger partial charge < -0.3 is 9.47 Å². The zero-order valence-electron chi connectivity index (χ0n) is 22.0. The summed E-state index contributed by atoms with van der Waals surface area (Å²) in [6, 6.07) is 9.84. The molecule has 1 aliphatic heterocycles. The summed E-state index contributed by atoms with van der Waals surface area (Å²) in [6.07, 6.45) is 1.79. The van der Waals surface area contributed by atoms with Crippen molar-refractivity contribution < 1.29 is 18.3 Å². The zero-order valence-corrected chi connectivity index (χ0v) is 22.0. The Hall–Kier alpha value is -3.28. The third-order valence-corrected chi connectivity index (χ3v) is 7.12. The molecular weight excluding hydrogens is 494 g/mol. The van der Waals surface area contributed by atoms with Crippen LogP contribution in [0.5, 0.6) is 0 Å². The number of aromatic nitrogens is 5. The summed E-state index contributed by atoms with van der Waals surface area (Å²) in [4.78, 5) is 19.5. The van der Waals surface area contributed by atoms with Gasteiger partial charge in [-0.25, -0.2) is 4.79 Å². The molecule has 2 atom stereocenters. The van der Waals surface area contributed by atoms with Gasteiger partial charge in [0.1, 0.15) is 5.52 Å². The van der Waals surface area contributed by atoms with Crippen LogP contribution in [0.4, 0.5) is 8.78 Å². The first-order chi connectivity index (χ1) is 18.2. The Morgan fingerprint density at radius 2 is 1.89 bits per heavy atom. The molecule has 3 aromatic heterocycles. The number of aryl methyl sites for hydroxylation is 1. The molecule has 0 amide bonds. The van der Waals surface area contributed by atoms with Crippen molar-refractivity contribution in [1.29, 1.82) is 0 Å². The maximum absolute atomic E-state index is 12.8. The molecule has 4 aromatic rings. The Kier molecular flexibility index (Phi) is 7.51. The van der Waals surface area contributed by atoms with Crippen LogP contribution < -0.4 is 5.69 Å². The highest BCUT2D eigenvalue weighted by molar-refractivity contribution is 6.02. The average Bonchev–Trinajstić information content (AvgIpc) is 3.44. The monoisotopic (exact) mass is 526 g/mol. The fraction of sp³-hybridized carbons (Fsp3) is 0.481. The van der Waals surface area contributed by atoms with E-state index < -0.39 is 12.7 Å². The Labute approximate surface area is 219 Å².